The van der Waals surface area contributed by atoms with Crippen molar-refractivity contribution in [1.29, 1.82) is 0 Å². The van der Waals surface area contributed by atoms with Gasteiger partial charge < -0.3 is 15.4 Å². The molecule has 0 aliphatic carbocycles. The smallest absolute Gasteiger partial charge is 0.407 e. The quantitative estimate of drug-likeness (QED) is 0.781. The standard InChI is InChI=1S/C13H26N2O2/c1-12(2,3)17-11(16)15-9-10-13(4,5)7-6-8-14-10/h10,14H,6-9H2,1-5H3,(H,15,16). The van der Waals surface area contributed by atoms with Crippen molar-refractivity contribution in [2.75, 3.05) is 13.1 Å². The number of hydrogen-bond donors (Lipinski definition) is 2. The topological polar surface area (TPSA) is 50.4 Å². The van der Waals surface area contributed by atoms with Crippen molar-refractivity contribution in [3.05, 3.63) is 0 Å². The van der Waals surface area contributed by atoms with Gasteiger partial charge in [0, 0.05) is 12.6 Å². The molecule has 1 aliphatic heterocycles. The van der Waals surface area contributed by atoms with Crippen molar-refractivity contribution in [2.24, 2.45) is 5.41 Å². The van der Waals surface area contributed by atoms with Gasteiger partial charge in [0.2, 0.25) is 0 Å². The molecule has 1 rings (SSSR count). The van der Waals surface area contributed by atoms with E-state index in [1.807, 2.05) is 20.8 Å². The van der Waals surface area contributed by atoms with Crippen LogP contribution in [0.5, 0.6) is 0 Å². The summed E-state index contributed by atoms with van der Waals surface area (Å²) >= 11 is 0. The van der Waals surface area contributed by atoms with E-state index in [0.29, 0.717) is 12.6 Å². The van der Waals surface area contributed by atoms with Gasteiger partial charge in [-0.1, -0.05) is 13.8 Å². The molecule has 0 radical (unpaired) electrons. The van der Waals surface area contributed by atoms with Gasteiger partial charge in [0.15, 0.2) is 0 Å². The predicted octanol–water partition coefficient (Wildman–Crippen LogP) is 2.29. The summed E-state index contributed by atoms with van der Waals surface area (Å²) in [5.41, 5.74) is -0.202. The van der Waals surface area contributed by atoms with E-state index >= 15 is 0 Å². The number of carbonyl (C=O) groups excluding carboxylic acids is 1. The average Bonchev–Trinajstić information content (AvgIpc) is 2.12. The van der Waals surface area contributed by atoms with Gasteiger partial charge >= 0.3 is 6.09 Å². The monoisotopic (exact) mass is 242 g/mol. The Hall–Kier alpha value is -0.770. The summed E-state index contributed by atoms with van der Waals surface area (Å²) in [6.45, 7) is 11.7. The molecule has 17 heavy (non-hydrogen) atoms. The SMILES string of the molecule is CC(C)(C)OC(=O)NCC1NCCCC1(C)C. The first-order valence-electron chi connectivity index (χ1n) is 6.41. The Balaban J connectivity index is 2.37. The maximum absolute atomic E-state index is 11.6. The van der Waals surface area contributed by atoms with Gasteiger partial charge in [-0.05, 0) is 45.6 Å². The highest BCUT2D eigenvalue weighted by molar-refractivity contribution is 5.67. The molecule has 1 saturated heterocycles. The highest BCUT2D eigenvalue weighted by atomic mass is 16.6. The fraction of sp³-hybridized carbons (Fsp3) is 0.923. The minimum Gasteiger partial charge on any atom is -0.444 e. The number of nitrogens with one attached hydrogen (secondary N) is 2. The molecule has 100 valence electrons. The van der Waals surface area contributed by atoms with E-state index in [9.17, 15) is 4.79 Å². The molecule has 1 atom stereocenters. The fourth-order valence-electron chi connectivity index (χ4n) is 2.12. The van der Waals surface area contributed by atoms with Crippen molar-refractivity contribution in [3.8, 4) is 0 Å². The molecule has 4 heteroatoms. The zero-order valence-corrected chi connectivity index (χ0v) is 11.7. The van der Waals surface area contributed by atoms with Crippen molar-refractivity contribution < 1.29 is 9.53 Å². The third kappa shape index (κ3) is 4.94. The third-order valence-corrected chi connectivity index (χ3v) is 3.18. The minimum atomic E-state index is -0.431. The summed E-state index contributed by atoms with van der Waals surface area (Å²) in [7, 11) is 0. The summed E-state index contributed by atoms with van der Waals surface area (Å²) in [6, 6.07) is 0.323. The molecule has 1 fully saturated rings. The second-order valence-electron chi connectivity index (χ2n) is 6.48. The molecule has 2 N–H and O–H groups in total. The normalized spacial score (nSPS) is 24.2. The van der Waals surface area contributed by atoms with Gasteiger partial charge in [-0.15, -0.1) is 0 Å². The number of piperidine rings is 1. The van der Waals surface area contributed by atoms with Crippen LogP contribution in [-0.2, 0) is 4.74 Å². The molecule has 1 unspecified atom stereocenters. The van der Waals surface area contributed by atoms with Gasteiger partial charge in [0.25, 0.3) is 0 Å². The van der Waals surface area contributed by atoms with Gasteiger partial charge in [-0.3, -0.25) is 0 Å². The van der Waals surface area contributed by atoms with Crippen LogP contribution in [0.3, 0.4) is 0 Å². The van der Waals surface area contributed by atoms with Crippen LogP contribution in [0.4, 0.5) is 4.79 Å². The minimum absolute atomic E-state index is 0.229. The van der Waals surface area contributed by atoms with Gasteiger partial charge in [-0.2, -0.15) is 0 Å². The second kappa shape index (κ2) is 5.25. The first-order valence-corrected chi connectivity index (χ1v) is 6.41. The van der Waals surface area contributed by atoms with E-state index in [0.717, 1.165) is 6.54 Å². The van der Waals surface area contributed by atoms with E-state index in [4.69, 9.17) is 4.74 Å². The first-order chi connectivity index (χ1) is 7.71. The summed E-state index contributed by atoms with van der Waals surface area (Å²) in [5, 5.41) is 6.30. The summed E-state index contributed by atoms with van der Waals surface area (Å²) < 4.78 is 5.22. The largest absolute Gasteiger partial charge is 0.444 e. The van der Waals surface area contributed by atoms with Crippen LogP contribution in [0.1, 0.15) is 47.5 Å². The van der Waals surface area contributed by atoms with E-state index in [1.165, 1.54) is 12.8 Å². The van der Waals surface area contributed by atoms with Crippen molar-refractivity contribution in [1.82, 2.24) is 10.6 Å². The van der Waals surface area contributed by atoms with Crippen molar-refractivity contribution in [2.45, 2.75) is 59.1 Å². The lowest BCUT2D eigenvalue weighted by atomic mass is 9.77. The van der Waals surface area contributed by atoms with Crippen molar-refractivity contribution in [3.63, 3.8) is 0 Å². The molecule has 1 heterocycles. The highest BCUT2D eigenvalue weighted by Crippen LogP contribution is 2.29. The zero-order valence-electron chi connectivity index (χ0n) is 11.7. The molecule has 0 saturated carbocycles. The van der Waals surface area contributed by atoms with E-state index in [2.05, 4.69) is 24.5 Å². The van der Waals surface area contributed by atoms with Crippen LogP contribution < -0.4 is 10.6 Å². The lowest BCUT2D eigenvalue weighted by Gasteiger charge is -2.39. The molecular weight excluding hydrogens is 216 g/mol. The summed E-state index contributed by atoms with van der Waals surface area (Å²) in [4.78, 5) is 11.6. The lowest BCUT2D eigenvalue weighted by molar-refractivity contribution is 0.0504. The number of hydrogen-bond acceptors (Lipinski definition) is 3. The fourth-order valence-corrected chi connectivity index (χ4v) is 2.12. The molecular formula is C13H26N2O2. The molecule has 1 amide bonds. The Kier molecular flexibility index (Phi) is 4.42. The van der Waals surface area contributed by atoms with E-state index < -0.39 is 5.60 Å². The van der Waals surface area contributed by atoms with E-state index in [-0.39, 0.29) is 11.5 Å². The molecule has 0 bridgehead atoms. The molecule has 0 aromatic heterocycles. The zero-order chi connectivity index (χ0) is 13.1. The average molecular weight is 242 g/mol. The van der Waals surface area contributed by atoms with E-state index in [1.54, 1.807) is 0 Å². The van der Waals surface area contributed by atoms with Gasteiger partial charge in [0.05, 0.1) is 0 Å². The Morgan fingerprint density at radius 3 is 2.65 bits per heavy atom. The maximum atomic E-state index is 11.6. The highest BCUT2D eigenvalue weighted by Gasteiger charge is 2.32. The lowest BCUT2D eigenvalue weighted by Crippen LogP contribution is -2.53. The maximum Gasteiger partial charge on any atom is 0.407 e. The van der Waals surface area contributed by atoms with Crippen LogP contribution in [0.2, 0.25) is 0 Å². The number of rotatable bonds is 2. The molecule has 1 aliphatic rings. The first kappa shape index (κ1) is 14.3. The number of alkyl carbamates (subject to hydrolysis) is 1. The Bertz CT molecular complexity index is 269. The molecule has 0 aromatic rings. The summed E-state index contributed by atoms with van der Waals surface area (Å²) in [6.07, 6.45) is 2.07. The Morgan fingerprint density at radius 2 is 2.12 bits per heavy atom. The van der Waals surface area contributed by atoms with Crippen LogP contribution in [0.25, 0.3) is 0 Å². The van der Waals surface area contributed by atoms with Gasteiger partial charge in [0.1, 0.15) is 5.60 Å². The van der Waals surface area contributed by atoms with Crippen LogP contribution in [-0.4, -0.2) is 30.8 Å². The number of carbonyl (C=O) groups is 1. The summed E-state index contributed by atoms with van der Waals surface area (Å²) in [5.74, 6) is 0. The molecule has 4 nitrogen and oxygen atoms in total. The van der Waals surface area contributed by atoms with Crippen molar-refractivity contribution >= 4 is 6.09 Å². The number of amides is 1. The third-order valence-electron chi connectivity index (χ3n) is 3.18. The van der Waals surface area contributed by atoms with Crippen LogP contribution in [0.15, 0.2) is 0 Å². The second-order valence-corrected chi connectivity index (χ2v) is 6.48. The molecule has 0 aromatic carbocycles. The predicted molar refractivity (Wildman–Crippen MR) is 69.0 cm³/mol. The van der Waals surface area contributed by atoms with Gasteiger partial charge in [-0.25, -0.2) is 4.79 Å². The van der Waals surface area contributed by atoms with Crippen LogP contribution in [0, 0.1) is 5.41 Å². The Morgan fingerprint density at radius 1 is 1.47 bits per heavy atom. The molecule has 0 spiro atoms. The van der Waals surface area contributed by atoms with Crippen LogP contribution >= 0.6 is 0 Å². The number of ether oxygens (including phenoxy) is 1. The Labute approximate surface area is 104 Å².